The van der Waals surface area contributed by atoms with Crippen molar-refractivity contribution in [1.82, 2.24) is 0 Å². The van der Waals surface area contributed by atoms with Gasteiger partial charge in [-0.05, 0) is 12.8 Å². The first-order chi connectivity index (χ1) is 15.3. The molecule has 0 aliphatic heterocycles. The molecule has 0 rings (SSSR count). The molecule has 0 saturated carbocycles. The number of Topliss-reactive ketones (excluding diaryl/α,β-unsaturated/α-hetero) is 1. The first-order valence-electron chi connectivity index (χ1n) is 14.8. The third-order valence-corrected chi connectivity index (χ3v) is 6.84. The fourth-order valence-corrected chi connectivity index (χ4v) is 4.69. The minimum absolute atomic E-state index is 0.473. The monoisotopic (exact) mass is 436 g/mol. The molecule has 0 unspecified atom stereocenters. The van der Waals surface area contributed by atoms with Crippen LogP contribution in [0.4, 0.5) is 0 Å². The number of rotatable bonds is 27. The first kappa shape index (κ1) is 30.7. The summed E-state index contributed by atoms with van der Waals surface area (Å²) in [5.74, 6) is 0.473. The number of hydrogen-bond donors (Lipinski definition) is 0. The molecule has 0 aliphatic rings. The molecule has 0 N–H and O–H groups in total. The van der Waals surface area contributed by atoms with Gasteiger partial charge in [0, 0.05) is 12.8 Å². The van der Waals surface area contributed by atoms with Gasteiger partial charge in [0.05, 0.1) is 0 Å². The third kappa shape index (κ3) is 27.6. The Kier molecular flexibility index (Phi) is 27.4. The molecule has 31 heavy (non-hydrogen) atoms. The maximum atomic E-state index is 11.5. The van der Waals surface area contributed by atoms with Gasteiger partial charge in [0.25, 0.3) is 0 Å². The molecule has 0 aromatic carbocycles. The molecule has 0 bridgehead atoms. The van der Waals surface area contributed by atoms with E-state index in [0.717, 1.165) is 25.7 Å². The summed E-state index contributed by atoms with van der Waals surface area (Å²) in [5.41, 5.74) is 0. The van der Waals surface area contributed by atoms with Crippen LogP contribution in [0.25, 0.3) is 0 Å². The Morgan fingerprint density at radius 3 is 0.839 bits per heavy atom. The van der Waals surface area contributed by atoms with Crippen LogP contribution in [0.1, 0.15) is 187 Å². The van der Waals surface area contributed by atoms with Crippen LogP contribution in [-0.2, 0) is 4.79 Å². The van der Waals surface area contributed by atoms with Gasteiger partial charge in [-0.3, -0.25) is 4.79 Å². The predicted octanol–water partition coefficient (Wildman–Crippen LogP) is 11.1. The number of carbonyl (C=O) groups excluding carboxylic acids is 1. The van der Waals surface area contributed by atoms with Crippen molar-refractivity contribution in [3.63, 3.8) is 0 Å². The highest BCUT2D eigenvalue weighted by molar-refractivity contribution is 5.78. The van der Waals surface area contributed by atoms with E-state index in [9.17, 15) is 4.79 Å². The summed E-state index contributed by atoms with van der Waals surface area (Å²) in [6.07, 6.45) is 36.8. The van der Waals surface area contributed by atoms with Gasteiger partial charge in [-0.2, -0.15) is 0 Å². The van der Waals surface area contributed by atoms with Crippen molar-refractivity contribution >= 4 is 5.78 Å². The zero-order valence-corrected chi connectivity index (χ0v) is 22.0. The van der Waals surface area contributed by atoms with Gasteiger partial charge in [-0.1, -0.05) is 162 Å². The van der Waals surface area contributed by atoms with Crippen LogP contribution >= 0.6 is 0 Å². The van der Waals surface area contributed by atoms with Crippen molar-refractivity contribution < 1.29 is 4.79 Å². The van der Waals surface area contributed by atoms with Crippen molar-refractivity contribution in [2.45, 2.75) is 187 Å². The Labute approximate surface area is 197 Å². The Morgan fingerprint density at radius 1 is 0.323 bits per heavy atom. The predicted molar refractivity (Wildman–Crippen MR) is 141 cm³/mol. The lowest BCUT2D eigenvalue weighted by atomic mass is 10.0. The van der Waals surface area contributed by atoms with Crippen LogP contribution in [0.15, 0.2) is 0 Å². The second kappa shape index (κ2) is 27.7. The lowest BCUT2D eigenvalue weighted by Crippen LogP contribution is -1.96. The summed E-state index contributed by atoms with van der Waals surface area (Å²) < 4.78 is 0. The SMILES string of the molecule is CCCCCCCCCCCCCCCCCCCCCCCCCCC(=O)CCC. The fourth-order valence-electron chi connectivity index (χ4n) is 4.69. The highest BCUT2D eigenvalue weighted by Gasteiger charge is 2.00. The van der Waals surface area contributed by atoms with Crippen molar-refractivity contribution in [2.75, 3.05) is 0 Å². The average Bonchev–Trinajstić information content (AvgIpc) is 2.77. The van der Waals surface area contributed by atoms with Crippen molar-refractivity contribution in [3.05, 3.63) is 0 Å². The third-order valence-electron chi connectivity index (χ3n) is 6.84. The fraction of sp³-hybridized carbons (Fsp3) is 0.967. The summed E-state index contributed by atoms with van der Waals surface area (Å²) in [6, 6.07) is 0. The van der Waals surface area contributed by atoms with Crippen molar-refractivity contribution in [2.24, 2.45) is 0 Å². The summed E-state index contributed by atoms with van der Waals surface area (Å²) in [6.45, 7) is 4.39. The van der Waals surface area contributed by atoms with Gasteiger partial charge < -0.3 is 0 Å². The van der Waals surface area contributed by atoms with E-state index in [1.54, 1.807) is 0 Å². The molecular formula is C30H60O. The number of hydrogen-bond acceptors (Lipinski definition) is 1. The van der Waals surface area contributed by atoms with Crippen molar-refractivity contribution in [3.8, 4) is 0 Å². The number of unbranched alkanes of at least 4 members (excludes halogenated alkanes) is 23. The van der Waals surface area contributed by atoms with Crippen molar-refractivity contribution in [1.29, 1.82) is 0 Å². The summed E-state index contributed by atoms with van der Waals surface area (Å²) >= 11 is 0. The van der Waals surface area contributed by atoms with E-state index >= 15 is 0 Å². The van der Waals surface area contributed by atoms with E-state index in [1.807, 2.05) is 0 Å². The van der Waals surface area contributed by atoms with E-state index in [1.165, 1.54) is 148 Å². The molecule has 0 radical (unpaired) electrons. The largest absolute Gasteiger partial charge is 0.300 e. The van der Waals surface area contributed by atoms with Gasteiger partial charge in [-0.25, -0.2) is 0 Å². The van der Waals surface area contributed by atoms with E-state index in [2.05, 4.69) is 13.8 Å². The van der Waals surface area contributed by atoms with Crippen LogP contribution in [0, 0.1) is 0 Å². The topological polar surface area (TPSA) is 17.1 Å². The molecule has 1 nitrogen and oxygen atoms in total. The summed E-state index contributed by atoms with van der Waals surface area (Å²) in [4.78, 5) is 11.5. The molecule has 0 amide bonds. The molecule has 0 heterocycles. The van der Waals surface area contributed by atoms with E-state index in [0.29, 0.717) is 5.78 Å². The number of ketones is 1. The second-order valence-electron chi connectivity index (χ2n) is 10.2. The Balaban J connectivity index is 3.03. The molecular weight excluding hydrogens is 376 g/mol. The average molecular weight is 437 g/mol. The molecule has 0 atom stereocenters. The molecule has 186 valence electrons. The van der Waals surface area contributed by atoms with E-state index in [4.69, 9.17) is 0 Å². The van der Waals surface area contributed by atoms with Crippen LogP contribution in [-0.4, -0.2) is 5.78 Å². The van der Waals surface area contributed by atoms with E-state index < -0.39 is 0 Å². The number of carbonyl (C=O) groups is 1. The van der Waals surface area contributed by atoms with E-state index in [-0.39, 0.29) is 0 Å². The highest BCUT2D eigenvalue weighted by atomic mass is 16.1. The molecule has 0 fully saturated rings. The quantitative estimate of drug-likeness (QED) is 0.117. The van der Waals surface area contributed by atoms with Gasteiger partial charge in [0.1, 0.15) is 5.78 Å². The molecule has 0 saturated heterocycles. The van der Waals surface area contributed by atoms with Crippen LogP contribution < -0.4 is 0 Å². The molecule has 0 aromatic heterocycles. The Hall–Kier alpha value is -0.330. The molecule has 0 aliphatic carbocycles. The standard InChI is InChI=1S/C30H60O/c1-3-5-6-7-8-9-10-11-12-13-14-15-16-17-18-19-20-21-22-23-24-25-26-27-29-30(31)28-4-2/h3-29H2,1-2H3. The lowest BCUT2D eigenvalue weighted by Gasteiger charge is -2.04. The Bertz CT molecular complexity index is 335. The zero-order chi connectivity index (χ0) is 22.7. The molecule has 1 heteroatoms. The highest BCUT2D eigenvalue weighted by Crippen LogP contribution is 2.15. The zero-order valence-electron chi connectivity index (χ0n) is 22.0. The van der Waals surface area contributed by atoms with Gasteiger partial charge in [-0.15, -0.1) is 0 Å². The molecule has 0 spiro atoms. The maximum absolute atomic E-state index is 11.5. The molecule has 0 aromatic rings. The summed E-state index contributed by atoms with van der Waals surface area (Å²) in [5, 5.41) is 0. The van der Waals surface area contributed by atoms with Crippen LogP contribution in [0.2, 0.25) is 0 Å². The Morgan fingerprint density at radius 2 is 0.581 bits per heavy atom. The second-order valence-corrected chi connectivity index (χ2v) is 10.2. The van der Waals surface area contributed by atoms with Gasteiger partial charge >= 0.3 is 0 Å². The van der Waals surface area contributed by atoms with Crippen LogP contribution in [0.3, 0.4) is 0 Å². The van der Waals surface area contributed by atoms with Gasteiger partial charge in [0.2, 0.25) is 0 Å². The lowest BCUT2D eigenvalue weighted by molar-refractivity contribution is -0.119. The minimum atomic E-state index is 0.473. The maximum Gasteiger partial charge on any atom is 0.132 e. The minimum Gasteiger partial charge on any atom is -0.300 e. The summed E-state index contributed by atoms with van der Waals surface area (Å²) in [7, 11) is 0. The van der Waals surface area contributed by atoms with Crippen LogP contribution in [0.5, 0.6) is 0 Å². The smallest absolute Gasteiger partial charge is 0.132 e. The first-order valence-corrected chi connectivity index (χ1v) is 14.8. The normalized spacial score (nSPS) is 11.3. The van der Waals surface area contributed by atoms with Gasteiger partial charge in [0.15, 0.2) is 0 Å².